The van der Waals surface area contributed by atoms with Crippen LogP contribution in [-0.2, 0) is 35.5 Å². The molecule has 0 radical (unpaired) electrons. The van der Waals surface area contributed by atoms with Gasteiger partial charge in [-0.05, 0) is 28.3 Å². The normalized spacial score (nSPS) is 27.9. The van der Waals surface area contributed by atoms with Crippen LogP contribution in [0.2, 0.25) is 0 Å². The number of likely N-dealkylation sites (tertiary alicyclic amines) is 1. The van der Waals surface area contributed by atoms with Gasteiger partial charge >= 0.3 is 5.97 Å². The maximum absolute atomic E-state index is 13.9. The fourth-order valence-corrected chi connectivity index (χ4v) is 6.93. The van der Waals surface area contributed by atoms with Gasteiger partial charge in [0, 0.05) is 5.56 Å². The zero-order valence-corrected chi connectivity index (χ0v) is 19.7. The van der Waals surface area contributed by atoms with Gasteiger partial charge in [0.05, 0.1) is 11.8 Å². The lowest BCUT2D eigenvalue weighted by atomic mass is 9.54. The number of nitrogens with zero attached hydrogens (tertiary/aromatic N) is 1. The van der Waals surface area contributed by atoms with Gasteiger partial charge in [-0.15, -0.1) is 23.2 Å². The number of halogens is 3. The summed E-state index contributed by atoms with van der Waals surface area (Å²) in [6.45, 7) is -0.921. The molecule has 0 saturated carbocycles. The van der Waals surface area contributed by atoms with E-state index in [0.717, 1.165) is 4.90 Å². The first-order valence-electron chi connectivity index (χ1n) is 11.1. The summed E-state index contributed by atoms with van der Waals surface area (Å²) in [4.78, 5) is 38.2. The van der Waals surface area contributed by atoms with Crippen LogP contribution in [0.1, 0.15) is 27.8 Å². The standard InChI is InChI=1S/C27H18Cl2FNO4/c28-26-16-8-2-3-9-17(16)27(29,19-11-5-4-10-18(19)26)23-22(26)24(33)31(25(23)34)13-21(32)35-14-15-7-1-6-12-20(15)30/h1-12,22-23H,13-14H2/t22-,23-,26?,27?/m0/s1. The minimum Gasteiger partial charge on any atom is -0.459 e. The lowest BCUT2D eigenvalue weighted by molar-refractivity contribution is -0.154. The lowest BCUT2D eigenvalue weighted by Gasteiger charge is -2.54. The molecule has 1 saturated heterocycles. The molecule has 8 heteroatoms. The molecule has 0 spiro atoms. The van der Waals surface area contributed by atoms with Crippen molar-refractivity contribution in [1.82, 2.24) is 4.90 Å². The van der Waals surface area contributed by atoms with Gasteiger partial charge in [-0.3, -0.25) is 19.3 Å². The van der Waals surface area contributed by atoms with Crippen LogP contribution in [0.4, 0.5) is 4.39 Å². The Morgan fingerprint density at radius 3 is 1.69 bits per heavy atom. The van der Waals surface area contributed by atoms with Crippen molar-refractivity contribution in [3.63, 3.8) is 0 Å². The van der Waals surface area contributed by atoms with Gasteiger partial charge < -0.3 is 4.74 Å². The van der Waals surface area contributed by atoms with Crippen molar-refractivity contribution < 1.29 is 23.5 Å². The van der Waals surface area contributed by atoms with Crippen LogP contribution in [-0.4, -0.2) is 29.2 Å². The Hall–Kier alpha value is -3.22. The molecule has 3 aromatic carbocycles. The number of hydrogen-bond acceptors (Lipinski definition) is 4. The second-order valence-corrected chi connectivity index (χ2v) is 10.2. The van der Waals surface area contributed by atoms with Gasteiger partial charge in [0.2, 0.25) is 11.8 Å². The van der Waals surface area contributed by atoms with E-state index in [1.165, 1.54) is 18.2 Å². The molecule has 1 heterocycles. The van der Waals surface area contributed by atoms with E-state index in [2.05, 4.69) is 0 Å². The van der Waals surface area contributed by atoms with Crippen molar-refractivity contribution in [1.29, 1.82) is 0 Å². The minimum absolute atomic E-state index is 0.192. The molecule has 35 heavy (non-hydrogen) atoms. The monoisotopic (exact) mass is 509 g/mol. The SMILES string of the molecule is O=C(CN1C(=O)[C@@H]2[C@@H](C1=O)C1(Cl)c3ccccc3C2(Cl)c2ccccc21)OCc1ccccc1F. The van der Waals surface area contributed by atoms with E-state index in [-0.39, 0.29) is 12.2 Å². The number of esters is 1. The third-order valence-electron chi connectivity index (χ3n) is 7.31. The van der Waals surface area contributed by atoms with Crippen molar-refractivity contribution >= 4 is 41.0 Å². The Balaban J connectivity index is 1.36. The molecule has 176 valence electrons. The molecule has 3 aromatic rings. The van der Waals surface area contributed by atoms with Crippen LogP contribution in [0.15, 0.2) is 72.8 Å². The highest BCUT2D eigenvalue weighted by Crippen LogP contribution is 2.69. The third kappa shape index (κ3) is 2.84. The fourth-order valence-electron chi connectivity index (χ4n) is 5.83. The highest BCUT2D eigenvalue weighted by molar-refractivity contribution is 6.36. The second kappa shape index (κ2) is 7.64. The molecule has 0 aromatic heterocycles. The number of imide groups is 1. The highest BCUT2D eigenvalue weighted by atomic mass is 35.5. The molecule has 3 aliphatic carbocycles. The smallest absolute Gasteiger partial charge is 0.326 e. The Morgan fingerprint density at radius 2 is 1.23 bits per heavy atom. The summed E-state index contributed by atoms with van der Waals surface area (Å²) in [5, 5.41) is 0. The molecule has 1 fully saturated rings. The molecule has 7 rings (SSSR count). The molecular formula is C27H18Cl2FNO4. The van der Waals surface area contributed by atoms with Crippen LogP contribution in [0, 0.1) is 17.7 Å². The van der Waals surface area contributed by atoms with E-state index in [4.69, 9.17) is 27.9 Å². The number of alkyl halides is 2. The Labute approximate surface area is 210 Å². The zero-order chi connectivity index (χ0) is 24.5. The Kier molecular flexibility index (Phi) is 4.86. The van der Waals surface area contributed by atoms with Crippen molar-refractivity contribution in [3.05, 3.63) is 106 Å². The number of hydrogen-bond donors (Lipinski definition) is 0. The van der Waals surface area contributed by atoms with E-state index in [1.807, 2.05) is 48.5 Å². The van der Waals surface area contributed by atoms with E-state index < -0.39 is 51.7 Å². The van der Waals surface area contributed by atoms with E-state index in [9.17, 15) is 18.8 Å². The summed E-state index contributed by atoms with van der Waals surface area (Å²) in [5.41, 5.74) is 2.92. The maximum atomic E-state index is 13.9. The molecular weight excluding hydrogens is 492 g/mol. The van der Waals surface area contributed by atoms with Gasteiger partial charge in [-0.25, -0.2) is 4.39 Å². The number of carbonyl (C=O) groups excluding carboxylic acids is 3. The van der Waals surface area contributed by atoms with Crippen molar-refractivity contribution in [3.8, 4) is 0 Å². The molecule has 0 unspecified atom stereocenters. The van der Waals surface area contributed by atoms with Crippen LogP contribution < -0.4 is 0 Å². The van der Waals surface area contributed by atoms with Crippen LogP contribution in [0.3, 0.4) is 0 Å². The lowest BCUT2D eigenvalue weighted by Crippen LogP contribution is -2.57. The number of carbonyl (C=O) groups is 3. The first-order chi connectivity index (χ1) is 16.8. The molecule has 5 nitrogen and oxygen atoms in total. The summed E-state index contributed by atoms with van der Waals surface area (Å²) in [7, 11) is 0. The topological polar surface area (TPSA) is 63.7 Å². The molecule has 0 N–H and O–H groups in total. The number of ether oxygens (including phenoxy) is 1. The number of benzene rings is 3. The van der Waals surface area contributed by atoms with E-state index in [1.54, 1.807) is 6.07 Å². The Morgan fingerprint density at radius 1 is 0.800 bits per heavy atom. The zero-order valence-electron chi connectivity index (χ0n) is 18.2. The number of rotatable bonds is 4. The van der Waals surface area contributed by atoms with Crippen LogP contribution >= 0.6 is 23.2 Å². The molecule has 4 aliphatic rings. The predicted molar refractivity (Wildman–Crippen MR) is 126 cm³/mol. The fraction of sp³-hybridized carbons (Fsp3) is 0.222. The average molecular weight is 510 g/mol. The van der Waals surface area contributed by atoms with Crippen molar-refractivity contribution in [2.45, 2.75) is 16.4 Å². The maximum Gasteiger partial charge on any atom is 0.326 e. The molecule has 1 aliphatic heterocycles. The predicted octanol–water partition coefficient (Wildman–Crippen LogP) is 4.46. The quantitative estimate of drug-likeness (QED) is 0.296. The van der Waals surface area contributed by atoms with E-state index >= 15 is 0 Å². The first-order valence-corrected chi connectivity index (χ1v) is 11.9. The highest BCUT2D eigenvalue weighted by Gasteiger charge is 2.73. The van der Waals surface area contributed by atoms with E-state index in [0.29, 0.717) is 22.3 Å². The average Bonchev–Trinajstić information content (AvgIpc) is 3.13. The Bertz CT molecular complexity index is 1300. The second-order valence-electron chi connectivity index (χ2n) is 8.98. The molecule has 2 atom stereocenters. The summed E-state index contributed by atoms with van der Waals surface area (Å²) in [5.74, 6) is -4.47. The minimum atomic E-state index is -1.31. The van der Waals surface area contributed by atoms with Gasteiger partial charge in [0.25, 0.3) is 0 Å². The van der Waals surface area contributed by atoms with Crippen LogP contribution in [0.5, 0.6) is 0 Å². The van der Waals surface area contributed by atoms with Gasteiger partial charge in [0.1, 0.15) is 28.7 Å². The van der Waals surface area contributed by atoms with Crippen molar-refractivity contribution in [2.24, 2.45) is 11.8 Å². The molecule has 2 amide bonds. The van der Waals surface area contributed by atoms with Crippen LogP contribution in [0.25, 0.3) is 0 Å². The largest absolute Gasteiger partial charge is 0.459 e. The third-order valence-corrected chi connectivity index (χ3v) is 8.59. The summed E-state index contributed by atoms with van der Waals surface area (Å²) in [6.07, 6.45) is 0. The summed E-state index contributed by atoms with van der Waals surface area (Å²) < 4.78 is 19.0. The van der Waals surface area contributed by atoms with Gasteiger partial charge in [-0.2, -0.15) is 0 Å². The summed E-state index contributed by atoms with van der Waals surface area (Å²) in [6, 6.07) is 20.5. The molecule has 2 bridgehead atoms. The number of amides is 2. The van der Waals surface area contributed by atoms with Gasteiger partial charge in [-0.1, -0.05) is 66.7 Å². The van der Waals surface area contributed by atoms with Crippen molar-refractivity contribution in [2.75, 3.05) is 6.54 Å². The first kappa shape index (κ1) is 22.3. The van der Waals surface area contributed by atoms with Gasteiger partial charge in [0.15, 0.2) is 0 Å². The summed E-state index contributed by atoms with van der Waals surface area (Å²) >= 11 is 14.7.